The van der Waals surface area contributed by atoms with Crippen molar-refractivity contribution < 1.29 is 213 Å². The summed E-state index contributed by atoms with van der Waals surface area (Å²) in [7, 11) is 6.95. The van der Waals surface area contributed by atoms with Crippen molar-refractivity contribution >= 4 is 29.6 Å². The molecule has 0 aliphatic carbocycles. The summed E-state index contributed by atoms with van der Waals surface area (Å²) in [4.78, 5) is 80.5. The number of halogens is 12. The Hall–Kier alpha value is -12.8. The number of hydrogen-bond donors (Lipinski definition) is 5. The Balaban J connectivity index is 0.000000768. The molecule has 0 atom stereocenters. The van der Waals surface area contributed by atoms with E-state index in [1.54, 1.807) is 146 Å². The number of benzene rings is 3. The number of rotatable bonds is 12. The molecule has 44 heteroatoms. The fraction of sp³-hybridized carbons (Fsp3) is 0.128. The van der Waals surface area contributed by atoms with E-state index >= 15 is 0 Å². The summed E-state index contributed by atoms with van der Waals surface area (Å²) in [5.41, 5.74) is 10.1. The molecular weight excluding hydrogens is 2890 g/mol. The monoisotopic (exact) mass is 2970 g/mol. The van der Waals surface area contributed by atoms with Crippen molar-refractivity contribution in [2.24, 2.45) is 21.1 Å². The van der Waals surface area contributed by atoms with Crippen LogP contribution in [0.5, 0.6) is 0 Å². The van der Waals surface area contributed by atoms with Crippen LogP contribution in [0.2, 0.25) is 0 Å². The Morgan fingerprint density at radius 3 is 0.928 bits per heavy atom. The van der Waals surface area contributed by atoms with Crippen LogP contribution >= 0.6 is 0 Å². The number of pyridine rings is 10. The van der Waals surface area contributed by atoms with Gasteiger partial charge in [0.2, 0.25) is 0 Å². The number of nitrogens with one attached hydrogen (secondary N) is 1. The van der Waals surface area contributed by atoms with Crippen molar-refractivity contribution in [1.29, 1.82) is 0 Å². The largest absolute Gasteiger partial charge is 0.477 e. The second-order valence-electron chi connectivity index (χ2n) is 27.0. The van der Waals surface area contributed by atoms with Gasteiger partial charge in [-0.25, -0.2) is 50.5 Å². The van der Waals surface area contributed by atoms with Gasteiger partial charge in [0.05, 0.1) is 6.57 Å². The fourth-order valence-corrected chi connectivity index (χ4v) is 10.3. The maximum absolute atomic E-state index is 13.8. The molecule has 13 heterocycles. The summed E-state index contributed by atoms with van der Waals surface area (Å²) in [6.07, 6.45) is 10.8. The standard InChI is InChI=1S/C13H7F2N2.C13H11F2N2.C12H8F2N.2C11H7F2N2.C10H5F2N2.3C6H8N2O2.C6H5NO2.6Ir/c1-8-5-6-17-11(7-8)9-3-4-10(14)13(16-2)12(9)15;1-16-8-9-4-5-17-13(6-9)11-3-2-10(14)7-12(11)15;1-8-4-5-15-12(6-8)10-3-2-9(13)7-11(10)14;2*1-7-4-5-14-9(6-7)8-2-3-10(12)15-11(8)13;11-9-5-4-7(10(12)14-9)8-3-1-2-6-13-8;3*1-4-3-5(6(9)10)7-8(4)2;8-6(9)5-3-1-2-4-7-5;;;;;;/h4-7H,1H3;2,4-7,16H,8H2,1H3;2,4-7H,1H3;2*3-6H,1H3;1-3,5-6H;3*3H,1-2H3,(H,9,10);1-4H,(H,8,9);;;;;;/q6*-1;;;;;;;;;;. The summed E-state index contributed by atoms with van der Waals surface area (Å²) < 4.78 is 161. The second-order valence-corrected chi connectivity index (χ2v) is 27.0. The zero-order valence-electron chi connectivity index (χ0n) is 73.4. The molecule has 5 N–H and O–H groups in total. The summed E-state index contributed by atoms with van der Waals surface area (Å²) in [5.74, 6) is -13.7. The average Bonchev–Trinajstić information content (AvgIpc) is 0.936. The molecule has 26 nitrogen and oxygen atoms in total. The van der Waals surface area contributed by atoms with Gasteiger partial charge in [0.15, 0.2) is 22.8 Å². The predicted molar refractivity (Wildman–Crippen MR) is 458 cm³/mol. The van der Waals surface area contributed by atoms with Gasteiger partial charge in [0.25, 0.3) is 0 Å². The van der Waals surface area contributed by atoms with E-state index in [1.807, 2.05) is 46.9 Å². The van der Waals surface area contributed by atoms with Gasteiger partial charge < -0.3 is 55.6 Å². The molecule has 0 spiro atoms. The van der Waals surface area contributed by atoms with Crippen LogP contribution in [0.3, 0.4) is 0 Å². The average molecular weight is 2970 g/mol. The van der Waals surface area contributed by atoms with Crippen LogP contribution < -0.4 is 5.32 Å². The number of carboxylic acid groups (broad SMARTS) is 4. The van der Waals surface area contributed by atoms with E-state index in [0.29, 0.717) is 40.7 Å². The van der Waals surface area contributed by atoms with Crippen LogP contribution in [0.4, 0.5) is 58.4 Å². The van der Waals surface area contributed by atoms with Gasteiger partial charge in [-0.15, -0.1) is 60.2 Å². The van der Waals surface area contributed by atoms with E-state index in [-0.39, 0.29) is 177 Å². The Bertz CT molecular complexity index is 6310. The molecular formula is C94H74F12Ir6N18O8-6. The molecule has 0 fully saturated rings. The van der Waals surface area contributed by atoms with Gasteiger partial charge in [-0.1, -0.05) is 129 Å². The molecule has 0 aliphatic heterocycles. The Labute approximate surface area is 863 Å². The molecule has 16 aromatic rings. The molecule has 16 rings (SSSR count). The van der Waals surface area contributed by atoms with Crippen molar-refractivity contribution in [1.82, 2.24) is 84.5 Å². The van der Waals surface area contributed by atoms with E-state index < -0.39 is 100 Å². The minimum Gasteiger partial charge on any atom is -0.477 e. The number of carboxylic acids is 4. The molecule has 138 heavy (non-hydrogen) atoms. The Morgan fingerprint density at radius 1 is 0.348 bits per heavy atom. The van der Waals surface area contributed by atoms with Crippen LogP contribution in [0.1, 0.15) is 86.9 Å². The maximum atomic E-state index is 13.8. The first-order valence-electron chi connectivity index (χ1n) is 38.1. The number of carbonyl (C=O) groups is 4. The van der Waals surface area contributed by atoms with Crippen molar-refractivity contribution in [2.45, 2.75) is 55.0 Å². The molecule has 0 aliphatic rings. The van der Waals surface area contributed by atoms with E-state index in [0.717, 1.165) is 93.4 Å². The second kappa shape index (κ2) is 61.4. The third-order valence-electron chi connectivity index (χ3n) is 17.0. The molecule has 3 aromatic carbocycles. The first-order valence-corrected chi connectivity index (χ1v) is 38.1. The molecule has 6 radical (unpaired) electrons. The van der Waals surface area contributed by atoms with E-state index in [2.05, 4.69) is 112 Å². The van der Waals surface area contributed by atoms with Gasteiger partial charge in [-0.2, -0.15) is 15.3 Å². The van der Waals surface area contributed by atoms with Crippen molar-refractivity contribution in [3.05, 3.63) is 393 Å². The number of aromatic nitrogens is 16. The topological polar surface area (TPSA) is 348 Å². The summed E-state index contributed by atoms with van der Waals surface area (Å²) in [6.45, 7) is 20.3. The molecule has 0 amide bonds. The fourth-order valence-electron chi connectivity index (χ4n) is 10.3. The molecule has 0 unspecified atom stereocenters. The third-order valence-corrected chi connectivity index (χ3v) is 17.0. The number of hydrogen-bond acceptors (Lipinski definition) is 18. The van der Waals surface area contributed by atoms with Crippen molar-refractivity contribution in [3.63, 3.8) is 0 Å². The first-order chi connectivity index (χ1) is 62.7. The van der Waals surface area contributed by atoms with Crippen LogP contribution in [-0.4, -0.2) is 131 Å². The summed E-state index contributed by atoms with van der Waals surface area (Å²) >= 11 is 0. The van der Waals surface area contributed by atoms with Gasteiger partial charge in [-0.3, -0.25) is 60.2 Å². The molecule has 0 bridgehead atoms. The Morgan fingerprint density at radius 2 is 0.652 bits per heavy atom. The van der Waals surface area contributed by atoms with Crippen LogP contribution in [0.25, 0.3) is 72.4 Å². The van der Waals surface area contributed by atoms with E-state index in [9.17, 15) is 71.9 Å². The van der Waals surface area contributed by atoms with Crippen molar-refractivity contribution in [3.8, 4) is 67.5 Å². The number of aryl methyl sites for hydroxylation is 10. The minimum atomic E-state index is -0.990. The molecule has 732 valence electrons. The van der Waals surface area contributed by atoms with Crippen LogP contribution in [0.15, 0.2) is 207 Å². The number of nitrogens with zero attached hydrogens (tertiary/aromatic N) is 17. The quantitative estimate of drug-likeness (QED) is 0.0431. The molecule has 13 aromatic heterocycles. The van der Waals surface area contributed by atoms with Crippen LogP contribution in [-0.2, 0) is 148 Å². The Kier molecular flexibility index (Phi) is 54.8. The van der Waals surface area contributed by atoms with E-state index in [1.165, 1.54) is 56.9 Å². The number of aromatic carboxylic acids is 4. The van der Waals surface area contributed by atoms with Gasteiger partial charge >= 0.3 is 23.9 Å². The predicted octanol–water partition coefficient (Wildman–Crippen LogP) is 18.7. The molecule has 0 saturated heterocycles. The molecule has 0 saturated carbocycles. The first kappa shape index (κ1) is 123. The summed E-state index contributed by atoms with van der Waals surface area (Å²) in [6, 6.07) is 54.6. The van der Waals surface area contributed by atoms with E-state index in [4.69, 9.17) is 27.0 Å². The van der Waals surface area contributed by atoms with Gasteiger partial charge in [0, 0.05) is 244 Å². The third kappa shape index (κ3) is 39.3. The maximum Gasteiger partial charge on any atom is 0.356 e. The van der Waals surface area contributed by atoms with Gasteiger partial charge in [0.1, 0.15) is 41.4 Å². The zero-order chi connectivity index (χ0) is 97.0. The van der Waals surface area contributed by atoms with Gasteiger partial charge in [-0.05, 0) is 162 Å². The SMILES string of the molecule is CNCc1ccnc(-c2[c-]cc(F)cc2F)c1.Cc1cc(C(=O)O)nn1C.Cc1cc(C(=O)O)nn1C.Cc1cc(C(=O)O)nn1C.Cc1ccnc(-c2[c-]cc(F)cc2F)c1.Cc1ccnc(-c2[c-]cc(F)nc2F)c1.Cc1ccnc(-c2[c-]cc(F)nc2F)c1.Fc1c[c-]c(-c2ccccn2)c(F)n1.O=C(O)c1ccccn1.[C-]#[N+]c1c(F)c[c-]c(-c2cc(C)ccn2)c1F.[Ir].[Ir].[Ir].[Ir].[Ir].[Ir]. The zero-order valence-corrected chi connectivity index (χ0v) is 87.8. The summed E-state index contributed by atoms with van der Waals surface area (Å²) in [5, 5.41) is 47.8. The minimum absolute atomic E-state index is 0. The van der Waals surface area contributed by atoms with Crippen molar-refractivity contribution in [2.75, 3.05) is 7.05 Å². The van der Waals surface area contributed by atoms with Crippen LogP contribution in [0, 0.1) is 162 Å². The normalized spacial score (nSPS) is 9.64. The smallest absolute Gasteiger partial charge is 0.356 e.